The number of rotatable bonds is 2. The van der Waals surface area contributed by atoms with Gasteiger partial charge in [-0.25, -0.2) is 4.79 Å². The quantitative estimate of drug-likeness (QED) is 0.757. The second kappa shape index (κ2) is 5.50. The highest BCUT2D eigenvalue weighted by Gasteiger charge is 2.18. The van der Waals surface area contributed by atoms with Gasteiger partial charge in [0.05, 0.1) is 6.67 Å². The topological polar surface area (TPSA) is 44.8 Å². The fourth-order valence-electron chi connectivity index (χ4n) is 1.50. The molecule has 5 nitrogen and oxygen atoms in total. The summed E-state index contributed by atoms with van der Waals surface area (Å²) in [7, 11) is 2.11. The first-order chi connectivity index (χ1) is 7.37. The summed E-state index contributed by atoms with van der Waals surface area (Å²) in [5, 5.41) is 2.77. The van der Waals surface area contributed by atoms with Crippen molar-refractivity contribution in [2.45, 2.75) is 26.4 Å². The fraction of sp³-hybridized carbons (Fsp3) is 0.909. The van der Waals surface area contributed by atoms with Crippen LogP contribution in [0.2, 0.25) is 0 Å². The monoisotopic (exact) mass is 229 g/mol. The number of ether oxygens (including phenoxy) is 1. The summed E-state index contributed by atoms with van der Waals surface area (Å²) in [5.74, 6) is 0. The Labute approximate surface area is 97.7 Å². The highest BCUT2D eigenvalue weighted by atomic mass is 16.6. The SMILES string of the molecule is CN1CCN(CNC(=O)OC(C)(C)C)CC1. The number of piperazine rings is 1. The standard InChI is InChI=1S/C11H23N3O2/c1-11(2,3)16-10(15)12-9-14-7-5-13(4)6-8-14/h5-9H2,1-4H3,(H,12,15). The number of amides is 1. The molecule has 0 aromatic carbocycles. The third-order valence-electron chi connectivity index (χ3n) is 2.44. The van der Waals surface area contributed by atoms with Gasteiger partial charge in [-0.3, -0.25) is 4.90 Å². The molecule has 0 unspecified atom stereocenters. The maximum absolute atomic E-state index is 11.4. The number of hydrogen-bond acceptors (Lipinski definition) is 4. The summed E-state index contributed by atoms with van der Waals surface area (Å²) in [5.41, 5.74) is -0.424. The van der Waals surface area contributed by atoms with Crippen molar-refractivity contribution in [3.63, 3.8) is 0 Å². The van der Waals surface area contributed by atoms with Crippen LogP contribution in [0.15, 0.2) is 0 Å². The zero-order valence-electron chi connectivity index (χ0n) is 10.7. The van der Waals surface area contributed by atoms with Gasteiger partial charge >= 0.3 is 6.09 Å². The van der Waals surface area contributed by atoms with E-state index in [0.29, 0.717) is 6.67 Å². The van der Waals surface area contributed by atoms with Gasteiger partial charge in [0.25, 0.3) is 0 Å². The maximum Gasteiger partial charge on any atom is 0.408 e. The van der Waals surface area contributed by atoms with Gasteiger partial charge < -0.3 is 15.0 Å². The Bertz CT molecular complexity index is 230. The van der Waals surface area contributed by atoms with E-state index in [0.717, 1.165) is 26.2 Å². The fourth-order valence-corrected chi connectivity index (χ4v) is 1.50. The number of likely N-dealkylation sites (N-methyl/N-ethyl adjacent to an activating group) is 1. The summed E-state index contributed by atoms with van der Waals surface area (Å²) < 4.78 is 5.16. The van der Waals surface area contributed by atoms with Crippen LogP contribution >= 0.6 is 0 Å². The summed E-state index contributed by atoms with van der Waals surface area (Å²) in [6, 6.07) is 0. The smallest absolute Gasteiger partial charge is 0.408 e. The lowest BCUT2D eigenvalue weighted by Gasteiger charge is -2.32. The lowest BCUT2D eigenvalue weighted by atomic mass is 10.2. The molecule has 0 spiro atoms. The predicted octanol–water partition coefficient (Wildman–Crippen LogP) is 0.716. The molecule has 1 aliphatic rings. The van der Waals surface area contributed by atoms with Crippen molar-refractivity contribution in [2.24, 2.45) is 0 Å². The molecule has 5 heteroatoms. The second-order valence-corrected chi connectivity index (χ2v) is 5.26. The first kappa shape index (κ1) is 13.3. The van der Waals surface area contributed by atoms with Gasteiger partial charge in [-0.1, -0.05) is 0 Å². The Balaban J connectivity index is 2.17. The molecular weight excluding hydrogens is 206 g/mol. The van der Waals surface area contributed by atoms with Gasteiger partial charge in [0.15, 0.2) is 0 Å². The minimum absolute atomic E-state index is 0.341. The number of nitrogens with one attached hydrogen (secondary N) is 1. The molecule has 1 rings (SSSR count). The third kappa shape index (κ3) is 5.32. The van der Waals surface area contributed by atoms with E-state index in [1.807, 2.05) is 20.8 Å². The average molecular weight is 229 g/mol. The van der Waals surface area contributed by atoms with Gasteiger partial charge in [0.1, 0.15) is 5.60 Å². The van der Waals surface area contributed by atoms with Gasteiger partial charge in [0, 0.05) is 26.2 Å². The Morgan fingerprint density at radius 1 is 1.25 bits per heavy atom. The van der Waals surface area contributed by atoms with Crippen molar-refractivity contribution < 1.29 is 9.53 Å². The summed E-state index contributed by atoms with van der Waals surface area (Å²) in [6.45, 7) is 10.3. The highest BCUT2D eigenvalue weighted by Crippen LogP contribution is 2.06. The predicted molar refractivity (Wildman–Crippen MR) is 63.3 cm³/mol. The lowest BCUT2D eigenvalue weighted by molar-refractivity contribution is 0.0470. The molecule has 0 radical (unpaired) electrons. The Morgan fingerprint density at radius 2 is 1.81 bits per heavy atom. The lowest BCUT2D eigenvalue weighted by Crippen LogP contribution is -2.49. The molecule has 1 aliphatic heterocycles. The molecule has 1 amide bonds. The van der Waals surface area contributed by atoms with E-state index < -0.39 is 5.60 Å². The van der Waals surface area contributed by atoms with Crippen molar-refractivity contribution in [1.29, 1.82) is 0 Å². The zero-order valence-corrected chi connectivity index (χ0v) is 10.7. The van der Waals surface area contributed by atoms with Gasteiger partial charge in [0.2, 0.25) is 0 Å². The van der Waals surface area contributed by atoms with E-state index in [-0.39, 0.29) is 6.09 Å². The molecule has 0 bridgehead atoms. The van der Waals surface area contributed by atoms with Crippen molar-refractivity contribution in [3.8, 4) is 0 Å². The van der Waals surface area contributed by atoms with E-state index in [1.54, 1.807) is 0 Å². The largest absolute Gasteiger partial charge is 0.444 e. The minimum atomic E-state index is -0.424. The van der Waals surface area contributed by atoms with Crippen LogP contribution in [0.1, 0.15) is 20.8 Å². The zero-order chi connectivity index (χ0) is 12.2. The molecule has 1 saturated heterocycles. The van der Waals surface area contributed by atoms with E-state index in [2.05, 4.69) is 22.2 Å². The van der Waals surface area contributed by atoms with Gasteiger partial charge in [-0.15, -0.1) is 0 Å². The number of carbonyl (C=O) groups excluding carboxylic acids is 1. The van der Waals surface area contributed by atoms with Crippen molar-refractivity contribution in [1.82, 2.24) is 15.1 Å². The van der Waals surface area contributed by atoms with Crippen molar-refractivity contribution in [2.75, 3.05) is 39.9 Å². The summed E-state index contributed by atoms with van der Waals surface area (Å²) in [4.78, 5) is 15.9. The van der Waals surface area contributed by atoms with Crippen LogP contribution < -0.4 is 5.32 Å². The van der Waals surface area contributed by atoms with Gasteiger partial charge in [-0.05, 0) is 27.8 Å². The van der Waals surface area contributed by atoms with Gasteiger partial charge in [-0.2, -0.15) is 0 Å². The van der Waals surface area contributed by atoms with Crippen LogP contribution in [0.5, 0.6) is 0 Å². The van der Waals surface area contributed by atoms with Crippen molar-refractivity contribution >= 4 is 6.09 Å². The molecule has 1 fully saturated rings. The van der Waals surface area contributed by atoms with Crippen LogP contribution in [0.4, 0.5) is 4.79 Å². The third-order valence-corrected chi connectivity index (χ3v) is 2.44. The number of carbonyl (C=O) groups is 1. The number of hydrogen-bond donors (Lipinski definition) is 1. The van der Waals surface area contributed by atoms with Crippen molar-refractivity contribution in [3.05, 3.63) is 0 Å². The van der Waals surface area contributed by atoms with E-state index >= 15 is 0 Å². The molecule has 1 N–H and O–H groups in total. The Hall–Kier alpha value is -0.810. The van der Waals surface area contributed by atoms with E-state index in [1.165, 1.54) is 0 Å². The van der Waals surface area contributed by atoms with E-state index in [4.69, 9.17) is 4.74 Å². The molecule has 0 saturated carbocycles. The van der Waals surface area contributed by atoms with E-state index in [9.17, 15) is 4.79 Å². The van der Waals surface area contributed by atoms with Crippen LogP contribution in [0.25, 0.3) is 0 Å². The molecule has 0 aliphatic carbocycles. The highest BCUT2D eigenvalue weighted by molar-refractivity contribution is 5.67. The average Bonchev–Trinajstić information content (AvgIpc) is 2.14. The molecule has 0 aromatic rings. The van der Waals surface area contributed by atoms with Crippen LogP contribution in [-0.4, -0.2) is 61.4 Å². The Morgan fingerprint density at radius 3 is 2.31 bits per heavy atom. The number of alkyl carbamates (subject to hydrolysis) is 1. The molecule has 0 atom stereocenters. The first-order valence-electron chi connectivity index (χ1n) is 5.74. The molecule has 0 aromatic heterocycles. The molecule has 94 valence electrons. The number of nitrogens with zero attached hydrogens (tertiary/aromatic N) is 2. The minimum Gasteiger partial charge on any atom is -0.444 e. The van der Waals surface area contributed by atoms with Crippen LogP contribution in [0, 0.1) is 0 Å². The second-order valence-electron chi connectivity index (χ2n) is 5.26. The summed E-state index contributed by atoms with van der Waals surface area (Å²) in [6.07, 6.45) is -0.341. The van der Waals surface area contributed by atoms with Crippen LogP contribution in [0.3, 0.4) is 0 Å². The maximum atomic E-state index is 11.4. The summed E-state index contributed by atoms with van der Waals surface area (Å²) >= 11 is 0. The molecular formula is C11H23N3O2. The molecule has 16 heavy (non-hydrogen) atoms. The first-order valence-corrected chi connectivity index (χ1v) is 5.74. The molecule has 1 heterocycles. The van der Waals surface area contributed by atoms with Crippen LogP contribution in [-0.2, 0) is 4.74 Å². The normalized spacial score (nSPS) is 19.5. The Kier molecular flexibility index (Phi) is 4.56.